The van der Waals surface area contributed by atoms with Crippen molar-refractivity contribution in [2.45, 2.75) is 27.7 Å². The second-order valence-corrected chi connectivity index (χ2v) is 9.29. The maximum atomic E-state index is 13.7. The number of nitrogens with zero attached hydrogens (tertiary/aromatic N) is 2. The molecule has 6 heteroatoms. The lowest BCUT2D eigenvalue weighted by atomic mass is 10.0. The number of hydrogen-bond acceptors (Lipinski definition) is 4. The number of hydrogen-bond donors (Lipinski definition) is 1. The zero-order valence-electron chi connectivity index (χ0n) is 18.2. The second kappa shape index (κ2) is 8.84. The lowest BCUT2D eigenvalue weighted by Gasteiger charge is -2.27. The zero-order chi connectivity index (χ0) is 21.3. The van der Waals surface area contributed by atoms with Gasteiger partial charge in [0, 0.05) is 5.56 Å². The number of aryl methyl sites for hydroxylation is 4. The van der Waals surface area contributed by atoms with E-state index in [0.717, 1.165) is 64.9 Å². The summed E-state index contributed by atoms with van der Waals surface area (Å²) in [6.45, 7) is 13.4. The van der Waals surface area contributed by atoms with Crippen molar-refractivity contribution in [1.29, 1.82) is 0 Å². The third kappa shape index (κ3) is 4.41. The first-order chi connectivity index (χ1) is 14.4. The Morgan fingerprint density at radius 1 is 1.07 bits per heavy atom. The summed E-state index contributed by atoms with van der Waals surface area (Å²) in [4.78, 5) is 21.9. The van der Waals surface area contributed by atoms with Gasteiger partial charge >= 0.3 is 0 Å². The van der Waals surface area contributed by atoms with E-state index in [1.807, 2.05) is 30.9 Å². The molecule has 5 nitrogen and oxygen atoms in total. The van der Waals surface area contributed by atoms with Gasteiger partial charge in [-0.1, -0.05) is 35.1 Å². The number of nitrogens with one attached hydrogen (secondary N) is 1. The average Bonchev–Trinajstić information content (AvgIpc) is 3.14. The van der Waals surface area contributed by atoms with Gasteiger partial charge in [-0.05, 0) is 56.5 Å². The van der Waals surface area contributed by atoms with Gasteiger partial charge in [-0.15, -0.1) is 0 Å². The van der Waals surface area contributed by atoms with Crippen molar-refractivity contribution in [3.05, 3.63) is 58.1 Å². The van der Waals surface area contributed by atoms with Gasteiger partial charge < -0.3 is 9.64 Å². The topological polar surface area (TPSA) is 46.9 Å². The lowest BCUT2D eigenvalue weighted by molar-refractivity contribution is -0.906. The van der Waals surface area contributed by atoms with Crippen LogP contribution in [0.15, 0.2) is 30.3 Å². The molecule has 1 aliphatic heterocycles. The van der Waals surface area contributed by atoms with Gasteiger partial charge in [0.25, 0.3) is 5.91 Å². The summed E-state index contributed by atoms with van der Waals surface area (Å²) in [6, 6.07) is 10.4. The summed E-state index contributed by atoms with van der Waals surface area (Å²) in [5, 5.41) is 0.789. The molecule has 0 aliphatic carbocycles. The highest BCUT2D eigenvalue weighted by atomic mass is 32.1. The normalized spacial score (nSPS) is 14.9. The van der Waals surface area contributed by atoms with E-state index in [-0.39, 0.29) is 5.91 Å². The highest BCUT2D eigenvalue weighted by molar-refractivity contribution is 7.22. The number of anilines is 1. The number of carbonyl (C=O) groups excluding carboxylic acids is 1. The number of fused-ring (bicyclic) bond motifs is 1. The maximum Gasteiger partial charge on any atom is 0.260 e. The number of rotatable bonds is 5. The van der Waals surface area contributed by atoms with E-state index in [1.165, 1.54) is 16.0 Å². The summed E-state index contributed by atoms with van der Waals surface area (Å²) in [5.74, 6) is 0.0392. The first-order valence-corrected chi connectivity index (χ1v) is 11.4. The number of amides is 1. The monoisotopic (exact) mass is 424 g/mol. The van der Waals surface area contributed by atoms with Crippen molar-refractivity contribution in [2.75, 3.05) is 44.3 Å². The van der Waals surface area contributed by atoms with Crippen LogP contribution in [0.4, 0.5) is 5.13 Å². The summed E-state index contributed by atoms with van der Waals surface area (Å²) in [6.07, 6.45) is 0. The fraction of sp³-hybridized carbons (Fsp3) is 0.417. The molecular formula is C24H30N3O2S+. The largest absolute Gasteiger partial charge is 0.370 e. The number of quaternary nitrogens is 1. The summed E-state index contributed by atoms with van der Waals surface area (Å²) >= 11 is 1.62. The molecule has 4 rings (SSSR count). The van der Waals surface area contributed by atoms with Crippen LogP contribution in [0.2, 0.25) is 0 Å². The van der Waals surface area contributed by atoms with Crippen molar-refractivity contribution in [3.63, 3.8) is 0 Å². The highest BCUT2D eigenvalue weighted by Crippen LogP contribution is 2.33. The number of ether oxygens (including phenoxy) is 1. The Hall–Kier alpha value is -2.28. The Morgan fingerprint density at radius 2 is 1.83 bits per heavy atom. The van der Waals surface area contributed by atoms with E-state index in [4.69, 9.17) is 9.72 Å². The van der Waals surface area contributed by atoms with Gasteiger partial charge in [-0.3, -0.25) is 9.69 Å². The van der Waals surface area contributed by atoms with Gasteiger partial charge in [0.15, 0.2) is 5.13 Å². The van der Waals surface area contributed by atoms with Crippen molar-refractivity contribution in [2.24, 2.45) is 0 Å². The minimum atomic E-state index is 0.0392. The fourth-order valence-electron chi connectivity index (χ4n) is 4.06. The van der Waals surface area contributed by atoms with Crippen LogP contribution in [0.1, 0.15) is 32.6 Å². The Bertz CT molecular complexity index is 1070. The Morgan fingerprint density at radius 3 is 2.60 bits per heavy atom. The Kier molecular flexibility index (Phi) is 6.18. The van der Waals surface area contributed by atoms with Crippen LogP contribution >= 0.6 is 11.3 Å². The van der Waals surface area contributed by atoms with Crippen LogP contribution in [0.5, 0.6) is 0 Å². The van der Waals surface area contributed by atoms with Crippen LogP contribution < -0.4 is 9.80 Å². The molecule has 0 spiro atoms. The molecule has 0 saturated carbocycles. The molecule has 1 saturated heterocycles. The molecule has 0 atom stereocenters. The first kappa shape index (κ1) is 21.0. The Labute approximate surface area is 182 Å². The number of carbonyl (C=O) groups is 1. The van der Waals surface area contributed by atoms with Gasteiger partial charge in [0.1, 0.15) is 13.1 Å². The van der Waals surface area contributed by atoms with Crippen molar-refractivity contribution in [1.82, 2.24) is 4.98 Å². The predicted octanol–water partition coefficient (Wildman–Crippen LogP) is 3.09. The number of aromatic nitrogens is 1. The van der Waals surface area contributed by atoms with E-state index < -0.39 is 0 Å². The highest BCUT2D eigenvalue weighted by Gasteiger charge is 2.25. The molecule has 0 unspecified atom stereocenters. The van der Waals surface area contributed by atoms with Crippen LogP contribution in [0.3, 0.4) is 0 Å². The van der Waals surface area contributed by atoms with E-state index in [2.05, 4.69) is 32.0 Å². The molecule has 1 fully saturated rings. The molecule has 1 amide bonds. The summed E-state index contributed by atoms with van der Waals surface area (Å²) in [7, 11) is 0. The van der Waals surface area contributed by atoms with E-state index in [9.17, 15) is 4.79 Å². The minimum absolute atomic E-state index is 0.0392. The summed E-state index contributed by atoms with van der Waals surface area (Å²) < 4.78 is 6.65. The molecule has 158 valence electrons. The smallest absolute Gasteiger partial charge is 0.260 e. The maximum absolute atomic E-state index is 13.7. The molecule has 30 heavy (non-hydrogen) atoms. The third-order valence-corrected chi connectivity index (χ3v) is 7.03. The zero-order valence-corrected chi connectivity index (χ0v) is 19.1. The Balaban J connectivity index is 1.70. The van der Waals surface area contributed by atoms with Crippen LogP contribution in [0, 0.1) is 27.7 Å². The van der Waals surface area contributed by atoms with Gasteiger partial charge in [-0.25, -0.2) is 4.98 Å². The second-order valence-electron chi connectivity index (χ2n) is 8.31. The van der Waals surface area contributed by atoms with Crippen LogP contribution in [0.25, 0.3) is 10.2 Å². The fourth-order valence-corrected chi connectivity index (χ4v) is 5.10. The van der Waals surface area contributed by atoms with Crippen LogP contribution in [-0.2, 0) is 4.74 Å². The van der Waals surface area contributed by atoms with Gasteiger partial charge in [0.05, 0.1) is 36.5 Å². The molecule has 2 aromatic carbocycles. The lowest BCUT2D eigenvalue weighted by Crippen LogP contribution is -3.14. The average molecular weight is 425 g/mol. The summed E-state index contributed by atoms with van der Waals surface area (Å²) in [5.41, 5.74) is 6.25. The molecule has 0 bridgehead atoms. The van der Waals surface area contributed by atoms with E-state index in [1.54, 1.807) is 11.3 Å². The molecule has 1 aromatic heterocycles. The van der Waals surface area contributed by atoms with Gasteiger partial charge in [-0.2, -0.15) is 0 Å². The van der Waals surface area contributed by atoms with E-state index in [0.29, 0.717) is 6.54 Å². The molecule has 2 heterocycles. The number of benzene rings is 2. The van der Waals surface area contributed by atoms with E-state index >= 15 is 0 Å². The molecular weight excluding hydrogens is 394 g/mol. The minimum Gasteiger partial charge on any atom is -0.370 e. The standard InChI is InChI=1S/C24H29N3O2S/c1-16-5-6-18(3)20(14-16)23(28)27(8-7-26-9-11-29-12-10-26)24-25-21-15-17(2)13-19(4)22(21)30-24/h5-6,13-15H,7-12H2,1-4H3/p+1. The first-order valence-electron chi connectivity index (χ1n) is 10.6. The molecule has 3 aromatic rings. The number of thiazole rings is 1. The van der Waals surface area contributed by atoms with Crippen molar-refractivity contribution < 1.29 is 14.4 Å². The molecule has 1 N–H and O–H groups in total. The molecule has 1 aliphatic rings. The van der Waals surface area contributed by atoms with Crippen molar-refractivity contribution >= 4 is 32.6 Å². The predicted molar refractivity (Wildman–Crippen MR) is 123 cm³/mol. The SMILES string of the molecule is Cc1ccc(C)c(C(=O)N(CC[NH+]2CCOCC2)c2nc3cc(C)cc(C)c3s2)c1. The number of morpholine rings is 1. The quantitative estimate of drug-likeness (QED) is 0.685. The third-order valence-electron chi connectivity index (χ3n) is 5.80. The van der Waals surface area contributed by atoms with Crippen molar-refractivity contribution in [3.8, 4) is 0 Å². The van der Waals surface area contributed by atoms with Gasteiger partial charge in [0.2, 0.25) is 0 Å². The van der Waals surface area contributed by atoms with Crippen LogP contribution in [-0.4, -0.2) is 50.3 Å². The molecule has 0 radical (unpaired) electrons.